The van der Waals surface area contributed by atoms with Gasteiger partial charge in [0.1, 0.15) is 12.1 Å². The SMILES string of the molecule is COCc1ccc(C2CC(c3ccc(C)cc3)CCN2CCCNC(=O)N2C(=O)OCC2(C)c2ccc(F)c(F)c2)cc1. The maximum Gasteiger partial charge on any atom is 0.419 e. The standard InChI is InChI=1S/C34H39F2N3O4/c1-23-5-9-25(10-6-23)27-15-18-38(31(19-27)26-11-7-24(8-12-26)21-42-3)17-4-16-37-32(40)39-33(41)43-22-34(39,2)28-13-14-29(35)30(36)20-28/h5-14,20,27,31H,4,15-19,21-22H2,1-3H3,(H,37,40). The number of nitrogens with zero attached hydrogens (tertiary/aromatic N) is 2. The van der Waals surface area contributed by atoms with Crippen molar-refractivity contribution in [2.24, 2.45) is 0 Å². The van der Waals surface area contributed by atoms with Gasteiger partial charge in [-0.25, -0.2) is 23.3 Å². The van der Waals surface area contributed by atoms with Crippen molar-refractivity contribution in [2.75, 3.05) is 33.4 Å². The number of piperidine rings is 1. The van der Waals surface area contributed by atoms with Crippen LogP contribution in [-0.2, 0) is 21.6 Å². The van der Waals surface area contributed by atoms with E-state index in [2.05, 4.69) is 65.7 Å². The molecule has 3 aromatic rings. The lowest BCUT2D eigenvalue weighted by Crippen LogP contribution is -2.51. The van der Waals surface area contributed by atoms with Gasteiger partial charge in [0.05, 0.1) is 6.61 Å². The van der Waals surface area contributed by atoms with Crippen LogP contribution in [0.25, 0.3) is 0 Å². The molecule has 2 aliphatic heterocycles. The highest BCUT2D eigenvalue weighted by atomic mass is 19.2. The van der Waals surface area contributed by atoms with E-state index >= 15 is 0 Å². The second-order valence-electron chi connectivity index (χ2n) is 11.7. The molecule has 3 unspecified atom stereocenters. The molecule has 3 atom stereocenters. The number of ether oxygens (including phenoxy) is 2. The highest BCUT2D eigenvalue weighted by Crippen LogP contribution is 2.40. The maximum absolute atomic E-state index is 14.0. The maximum atomic E-state index is 14.0. The van der Waals surface area contributed by atoms with Gasteiger partial charge >= 0.3 is 12.1 Å². The molecule has 0 radical (unpaired) electrons. The molecule has 1 N–H and O–H groups in total. The molecule has 228 valence electrons. The molecule has 2 heterocycles. The summed E-state index contributed by atoms with van der Waals surface area (Å²) < 4.78 is 38.0. The first-order valence-corrected chi connectivity index (χ1v) is 14.8. The Morgan fingerprint density at radius 1 is 1.05 bits per heavy atom. The fraction of sp³-hybridized carbons (Fsp3) is 0.412. The topological polar surface area (TPSA) is 71.1 Å². The molecular weight excluding hydrogens is 552 g/mol. The summed E-state index contributed by atoms with van der Waals surface area (Å²) >= 11 is 0. The van der Waals surface area contributed by atoms with Gasteiger partial charge in [0, 0.05) is 26.2 Å². The highest BCUT2D eigenvalue weighted by Gasteiger charge is 2.49. The molecule has 9 heteroatoms. The molecule has 0 saturated carbocycles. The predicted octanol–water partition coefficient (Wildman–Crippen LogP) is 6.81. The third kappa shape index (κ3) is 6.73. The van der Waals surface area contributed by atoms with E-state index in [-0.39, 0.29) is 18.2 Å². The zero-order valence-corrected chi connectivity index (χ0v) is 24.9. The Bertz CT molecular complexity index is 1430. The normalized spacial score (nSPS) is 22.4. The second-order valence-corrected chi connectivity index (χ2v) is 11.7. The van der Waals surface area contributed by atoms with Crippen LogP contribution in [0.15, 0.2) is 66.7 Å². The number of nitrogens with one attached hydrogen (secondary N) is 1. The Morgan fingerprint density at radius 3 is 2.47 bits per heavy atom. The van der Waals surface area contributed by atoms with Crippen LogP contribution in [0.2, 0.25) is 0 Å². The van der Waals surface area contributed by atoms with E-state index in [1.807, 2.05) is 0 Å². The van der Waals surface area contributed by atoms with Crippen LogP contribution in [0, 0.1) is 18.6 Å². The van der Waals surface area contributed by atoms with Crippen LogP contribution in [0.4, 0.5) is 18.4 Å². The summed E-state index contributed by atoms with van der Waals surface area (Å²) in [5.74, 6) is -1.59. The third-order valence-electron chi connectivity index (χ3n) is 8.73. The Kier molecular flexibility index (Phi) is 9.42. The number of cyclic esters (lactones) is 1. The molecule has 3 amide bonds. The molecular formula is C34H39F2N3O4. The summed E-state index contributed by atoms with van der Waals surface area (Å²) in [6, 6.07) is 20.4. The summed E-state index contributed by atoms with van der Waals surface area (Å²) in [5.41, 5.74) is 4.02. The van der Waals surface area contributed by atoms with Crippen molar-refractivity contribution < 1.29 is 27.8 Å². The first kappa shape index (κ1) is 30.6. The second kappa shape index (κ2) is 13.2. The summed E-state index contributed by atoms with van der Waals surface area (Å²) in [5, 5.41) is 2.84. The lowest BCUT2D eigenvalue weighted by molar-refractivity contribution is 0.132. The molecule has 2 aliphatic rings. The number of rotatable bonds is 9. The first-order valence-electron chi connectivity index (χ1n) is 14.8. The smallest absolute Gasteiger partial charge is 0.419 e. The van der Waals surface area contributed by atoms with E-state index in [0.717, 1.165) is 48.5 Å². The van der Waals surface area contributed by atoms with Gasteiger partial charge in [-0.15, -0.1) is 0 Å². The minimum Gasteiger partial charge on any atom is -0.446 e. The zero-order valence-electron chi connectivity index (χ0n) is 24.9. The van der Waals surface area contributed by atoms with Gasteiger partial charge in [0.2, 0.25) is 0 Å². The van der Waals surface area contributed by atoms with Gasteiger partial charge in [-0.05, 0) is 80.0 Å². The largest absolute Gasteiger partial charge is 0.446 e. The Hall–Kier alpha value is -3.82. The van der Waals surface area contributed by atoms with Crippen molar-refractivity contribution in [1.29, 1.82) is 0 Å². The number of amides is 3. The van der Waals surface area contributed by atoms with E-state index in [1.165, 1.54) is 22.8 Å². The number of hydrogen-bond donors (Lipinski definition) is 1. The van der Waals surface area contributed by atoms with Crippen LogP contribution < -0.4 is 5.32 Å². The van der Waals surface area contributed by atoms with E-state index < -0.39 is 29.3 Å². The monoisotopic (exact) mass is 591 g/mol. The average Bonchev–Trinajstić information content (AvgIpc) is 3.32. The average molecular weight is 592 g/mol. The molecule has 5 rings (SSSR count). The third-order valence-corrected chi connectivity index (χ3v) is 8.73. The number of methoxy groups -OCH3 is 1. The number of carbonyl (C=O) groups is 2. The zero-order chi connectivity index (χ0) is 30.6. The number of halogens is 2. The number of urea groups is 1. The number of benzene rings is 3. The molecule has 7 nitrogen and oxygen atoms in total. The number of hydrogen-bond acceptors (Lipinski definition) is 5. The summed E-state index contributed by atoms with van der Waals surface area (Å²) in [6.07, 6.45) is 1.88. The van der Waals surface area contributed by atoms with Crippen LogP contribution in [-0.4, -0.2) is 55.3 Å². The van der Waals surface area contributed by atoms with Crippen LogP contribution in [0.3, 0.4) is 0 Å². The number of imide groups is 1. The van der Waals surface area contributed by atoms with Gasteiger partial charge in [-0.1, -0.05) is 60.2 Å². The summed E-state index contributed by atoms with van der Waals surface area (Å²) in [7, 11) is 1.69. The minimum absolute atomic E-state index is 0.148. The quantitative estimate of drug-likeness (QED) is 0.277. The lowest BCUT2D eigenvalue weighted by atomic mass is 9.82. The molecule has 0 aliphatic carbocycles. The van der Waals surface area contributed by atoms with Gasteiger partial charge in [-0.2, -0.15) is 0 Å². The minimum atomic E-state index is -1.26. The van der Waals surface area contributed by atoms with E-state index in [9.17, 15) is 18.4 Å². The van der Waals surface area contributed by atoms with Crippen LogP contribution in [0.1, 0.15) is 66.0 Å². The Labute approximate surface area is 251 Å². The van der Waals surface area contributed by atoms with E-state index in [0.29, 0.717) is 25.5 Å². The molecule has 2 fully saturated rings. The van der Waals surface area contributed by atoms with Crippen molar-refractivity contribution in [3.8, 4) is 0 Å². The summed E-state index contributed by atoms with van der Waals surface area (Å²) in [6.45, 7) is 6.15. The van der Waals surface area contributed by atoms with Gasteiger partial charge in [-0.3, -0.25) is 4.90 Å². The van der Waals surface area contributed by atoms with E-state index in [4.69, 9.17) is 9.47 Å². The molecule has 0 spiro atoms. The first-order chi connectivity index (χ1) is 20.7. The van der Waals surface area contributed by atoms with Crippen molar-refractivity contribution in [3.63, 3.8) is 0 Å². The van der Waals surface area contributed by atoms with Crippen molar-refractivity contribution in [3.05, 3.63) is 106 Å². The molecule has 2 saturated heterocycles. The fourth-order valence-electron chi connectivity index (χ4n) is 6.21. The van der Waals surface area contributed by atoms with Crippen LogP contribution in [0.5, 0.6) is 0 Å². The summed E-state index contributed by atoms with van der Waals surface area (Å²) in [4.78, 5) is 29.1. The van der Waals surface area contributed by atoms with Crippen LogP contribution >= 0.6 is 0 Å². The number of likely N-dealkylation sites (tertiary alicyclic amines) is 1. The fourth-order valence-corrected chi connectivity index (χ4v) is 6.21. The molecule has 0 aromatic heterocycles. The number of carbonyl (C=O) groups excluding carboxylic acids is 2. The van der Waals surface area contributed by atoms with Gasteiger partial charge < -0.3 is 14.8 Å². The molecule has 43 heavy (non-hydrogen) atoms. The molecule has 3 aromatic carbocycles. The predicted molar refractivity (Wildman–Crippen MR) is 160 cm³/mol. The molecule has 0 bridgehead atoms. The Balaban J connectivity index is 1.23. The Morgan fingerprint density at radius 2 is 1.77 bits per heavy atom. The van der Waals surface area contributed by atoms with Gasteiger partial charge in [0.15, 0.2) is 11.6 Å². The highest BCUT2D eigenvalue weighted by molar-refractivity contribution is 5.93. The van der Waals surface area contributed by atoms with Gasteiger partial charge in [0.25, 0.3) is 0 Å². The van der Waals surface area contributed by atoms with Crippen molar-refractivity contribution in [1.82, 2.24) is 15.1 Å². The number of aryl methyl sites for hydroxylation is 1. The van der Waals surface area contributed by atoms with E-state index in [1.54, 1.807) is 14.0 Å². The van der Waals surface area contributed by atoms with Crippen molar-refractivity contribution in [2.45, 2.75) is 57.2 Å². The lowest BCUT2D eigenvalue weighted by Gasteiger charge is -2.40. The van der Waals surface area contributed by atoms with Crippen molar-refractivity contribution >= 4 is 12.1 Å².